The Morgan fingerprint density at radius 2 is 1.00 bits per heavy atom. The smallest absolute Gasteiger partial charge is 0 e. The zero-order chi connectivity index (χ0) is 0. The first-order chi connectivity index (χ1) is 0. The number of hydrogen-bond acceptors (Lipinski definition) is 0. The molecule has 0 fully saturated rings. The fourth-order valence-electron chi connectivity index (χ4n) is 0. The van der Waals surface area contributed by atoms with Gasteiger partial charge in [0.25, 0.3) is 0 Å². The maximum Gasteiger partial charge on any atom is 0 e. The first-order valence-corrected chi connectivity index (χ1v) is 0. The maximum atomic E-state index is 0. The van der Waals surface area contributed by atoms with Crippen LogP contribution in [0.1, 0.15) is 0 Å². The monoisotopic (exact) mass is 496 g/mol. The molecule has 0 aliphatic rings. The minimum absolute atomic E-state index is 0. The molecule has 0 aromatic carbocycles. The molecule has 0 aliphatic carbocycles. The number of rotatable bonds is 0. The van der Waals surface area contributed by atoms with Crippen molar-refractivity contribution in [2.24, 2.45) is 0 Å². The van der Waals surface area contributed by atoms with Gasteiger partial charge in [-0.15, -0.1) is 0 Å². The van der Waals surface area contributed by atoms with Crippen molar-refractivity contribution in [1.29, 1.82) is 0 Å². The zero-order valence-electron chi connectivity index (χ0n) is 2.76. The molecule has 0 aliphatic heterocycles. The third kappa shape index (κ3) is 19.0. The van der Waals surface area contributed by atoms with Gasteiger partial charge >= 0.3 is 0 Å². The molecule has 0 atom stereocenters. The molecule has 0 bridgehead atoms. The average molecular weight is 495 g/mol. The van der Waals surface area contributed by atoms with Crippen LogP contribution in [0.5, 0.6) is 0 Å². The molecule has 0 amide bonds. The molecule has 0 aromatic rings. The molecule has 0 aromatic heterocycles. The molecule has 2 radical (unpaired) electrons. The van der Waals surface area contributed by atoms with Gasteiger partial charge in [0, 0.05) is 90.7 Å². The Labute approximate surface area is 99.8 Å². The van der Waals surface area contributed by atoms with Crippen molar-refractivity contribution in [3.8, 4) is 0 Å². The van der Waals surface area contributed by atoms with E-state index >= 15 is 0 Å². The fraction of sp³-hybridized carbons (Fsp3) is 0. The van der Waals surface area contributed by atoms with Crippen molar-refractivity contribution in [2.45, 2.75) is 0 Å². The summed E-state index contributed by atoms with van der Waals surface area (Å²) in [5, 5.41) is 0. The zero-order valence-corrected chi connectivity index (χ0v) is 14.4. The summed E-state index contributed by atoms with van der Waals surface area (Å²) in [5.41, 5.74) is 0. The van der Waals surface area contributed by atoms with E-state index in [-0.39, 0.29) is 102 Å². The Bertz CT molecular complexity index is 11.6. The minimum atomic E-state index is 0. The van der Waals surface area contributed by atoms with Gasteiger partial charge in [-0.25, -0.2) is 0 Å². The van der Waals surface area contributed by atoms with Gasteiger partial charge in [0.2, 0.25) is 0 Å². The second-order valence-electron chi connectivity index (χ2n) is 0. The standard InChI is InChI=1S/Mo.Nb.H3Si.W.Zr/h;;1H3;;. The van der Waals surface area contributed by atoms with Gasteiger partial charge in [0.1, 0.15) is 0 Å². The third-order valence-electron chi connectivity index (χ3n) is 0. The van der Waals surface area contributed by atoms with Crippen molar-refractivity contribution in [2.75, 3.05) is 0 Å². The Kier molecular flexibility index (Phi) is 223. The molecule has 28 valence electrons. The summed E-state index contributed by atoms with van der Waals surface area (Å²) in [4.78, 5) is 0. The van der Waals surface area contributed by atoms with E-state index in [1.807, 2.05) is 0 Å². The molecule has 0 saturated carbocycles. The first-order valence-electron chi connectivity index (χ1n) is 0. The van der Waals surface area contributed by atoms with Crippen molar-refractivity contribution in [3.05, 3.63) is 0 Å². The molecule has 0 unspecified atom stereocenters. The normalized spacial score (nSPS) is 0. The predicted molar refractivity (Wildman–Crippen MR) is 9.94 cm³/mol. The van der Waals surface area contributed by atoms with E-state index in [1.54, 1.807) is 0 Å². The van der Waals surface area contributed by atoms with E-state index in [9.17, 15) is 0 Å². The molecule has 5 heteroatoms. The van der Waals surface area contributed by atoms with Crippen LogP contribution >= 0.6 is 0 Å². The number of hydrogen-bond donors (Lipinski definition) is 0. The van der Waals surface area contributed by atoms with E-state index in [0.717, 1.165) is 0 Å². The Hall–Kier alpha value is 3.22. The summed E-state index contributed by atoms with van der Waals surface area (Å²) in [6, 6.07) is 0. The molecule has 0 nitrogen and oxygen atoms in total. The fourth-order valence-corrected chi connectivity index (χ4v) is 0. The van der Waals surface area contributed by atoms with Crippen LogP contribution in [0.2, 0.25) is 0 Å². The average Bonchev–Trinajstić information content (AvgIpc) is 0. The third-order valence-corrected chi connectivity index (χ3v) is 0. The van der Waals surface area contributed by atoms with Gasteiger partial charge in [-0.05, 0) is 11.0 Å². The van der Waals surface area contributed by atoms with Gasteiger partial charge in [0.15, 0.2) is 0 Å². The summed E-state index contributed by atoms with van der Waals surface area (Å²) >= 11 is 0. The summed E-state index contributed by atoms with van der Waals surface area (Å²) in [6.07, 6.45) is 0. The van der Waals surface area contributed by atoms with E-state index in [1.165, 1.54) is 0 Å². The van der Waals surface area contributed by atoms with Crippen molar-refractivity contribution >= 4 is 11.0 Å². The van der Waals surface area contributed by atoms with E-state index in [0.29, 0.717) is 0 Å². The summed E-state index contributed by atoms with van der Waals surface area (Å²) in [5.74, 6) is 0. The summed E-state index contributed by atoms with van der Waals surface area (Å²) in [7, 11) is 0. The summed E-state index contributed by atoms with van der Waals surface area (Å²) in [6.45, 7) is 0. The summed E-state index contributed by atoms with van der Waals surface area (Å²) < 4.78 is 0. The van der Waals surface area contributed by atoms with E-state index < -0.39 is 0 Å². The van der Waals surface area contributed by atoms with Gasteiger partial charge in [-0.3, -0.25) is 0 Å². The Morgan fingerprint density at radius 3 is 1.00 bits per heavy atom. The van der Waals surface area contributed by atoms with Crippen LogP contribution in [0.4, 0.5) is 0 Å². The van der Waals surface area contributed by atoms with Crippen LogP contribution in [0.3, 0.4) is 0 Å². The molecule has 0 spiro atoms. The first kappa shape index (κ1) is 41.4. The van der Waals surface area contributed by atoms with Crippen LogP contribution in [-0.4, -0.2) is 11.0 Å². The van der Waals surface area contributed by atoms with E-state index in [2.05, 4.69) is 0 Å². The molecular weight excluding hydrogens is 492 g/mol. The van der Waals surface area contributed by atoms with E-state index in [4.69, 9.17) is 0 Å². The second kappa shape index (κ2) is 27.0. The van der Waals surface area contributed by atoms with Crippen LogP contribution in [-0.2, 0) is 90.7 Å². The van der Waals surface area contributed by atoms with Crippen LogP contribution < -0.4 is 0 Å². The van der Waals surface area contributed by atoms with Crippen molar-refractivity contribution in [1.82, 2.24) is 0 Å². The molecule has 0 heterocycles. The molecule has 0 saturated heterocycles. The van der Waals surface area contributed by atoms with Gasteiger partial charge in [0.05, 0.1) is 0 Å². The molecule has 5 heavy (non-hydrogen) atoms. The largest absolute Gasteiger partial charge is 0.0125 e. The SMILES string of the molecule is [Mo].[Nb].[SiH3].[W].[Zr]. The minimum Gasteiger partial charge on any atom is -0.0125 e. The van der Waals surface area contributed by atoms with Crippen LogP contribution in [0, 0.1) is 0 Å². The van der Waals surface area contributed by atoms with Gasteiger partial charge in [-0.2, -0.15) is 0 Å². The Balaban J connectivity index is 0. The Morgan fingerprint density at radius 1 is 1.00 bits per heavy atom. The molecule has 0 rings (SSSR count). The predicted octanol–water partition coefficient (Wildman–Crippen LogP) is -1.19. The quantitative estimate of drug-likeness (QED) is 0.371. The van der Waals surface area contributed by atoms with Crippen molar-refractivity contribution in [3.63, 3.8) is 0 Å². The second-order valence-corrected chi connectivity index (χ2v) is 0. The van der Waals surface area contributed by atoms with Crippen molar-refractivity contribution < 1.29 is 90.7 Å². The van der Waals surface area contributed by atoms with Gasteiger partial charge in [-0.1, -0.05) is 0 Å². The maximum absolute atomic E-state index is 0. The topological polar surface area (TPSA) is 0 Å². The van der Waals surface area contributed by atoms with Crippen LogP contribution in [0.15, 0.2) is 0 Å². The molecular formula is H3MoNbSiWZr. The molecule has 0 N–H and O–H groups in total. The van der Waals surface area contributed by atoms with Crippen LogP contribution in [0.25, 0.3) is 0 Å². The van der Waals surface area contributed by atoms with Gasteiger partial charge < -0.3 is 0 Å².